The Bertz CT molecular complexity index is 837. The summed E-state index contributed by atoms with van der Waals surface area (Å²) >= 11 is 0. The molecule has 0 radical (unpaired) electrons. The SMILES string of the molecule is COc1ccc(CC(C)CN(C)C(=O)c2cc(C)c(OCC(=O)O)c(C)c2)cc1. The van der Waals surface area contributed by atoms with Gasteiger partial charge >= 0.3 is 5.97 Å². The Kier molecular flexibility index (Phi) is 7.65. The van der Waals surface area contributed by atoms with Crippen LogP contribution in [0, 0.1) is 19.8 Å². The molecule has 2 aromatic rings. The van der Waals surface area contributed by atoms with Crippen molar-refractivity contribution in [2.75, 3.05) is 27.3 Å². The normalized spacial score (nSPS) is 11.6. The molecule has 1 unspecified atom stereocenters. The quantitative estimate of drug-likeness (QED) is 0.695. The zero-order valence-corrected chi connectivity index (χ0v) is 17.7. The van der Waals surface area contributed by atoms with Crippen molar-refractivity contribution in [2.24, 2.45) is 5.92 Å². The number of benzene rings is 2. The van der Waals surface area contributed by atoms with Crippen molar-refractivity contribution in [3.05, 3.63) is 58.7 Å². The Morgan fingerprint density at radius 2 is 1.69 bits per heavy atom. The van der Waals surface area contributed by atoms with Gasteiger partial charge in [-0.2, -0.15) is 0 Å². The van der Waals surface area contributed by atoms with Gasteiger partial charge in [0.1, 0.15) is 11.5 Å². The molecule has 0 aliphatic rings. The van der Waals surface area contributed by atoms with Gasteiger partial charge in [-0.05, 0) is 67.1 Å². The van der Waals surface area contributed by atoms with E-state index in [0.29, 0.717) is 17.9 Å². The smallest absolute Gasteiger partial charge is 0.341 e. The van der Waals surface area contributed by atoms with Gasteiger partial charge in [0.25, 0.3) is 5.91 Å². The van der Waals surface area contributed by atoms with Gasteiger partial charge in [-0.25, -0.2) is 4.79 Å². The maximum atomic E-state index is 12.9. The van der Waals surface area contributed by atoms with Crippen LogP contribution < -0.4 is 9.47 Å². The van der Waals surface area contributed by atoms with Gasteiger partial charge in [-0.1, -0.05) is 19.1 Å². The van der Waals surface area contributed by atoms with Gasteiger partial charge < -0.3 is 19.5 Å². The molecular weight excluding hydrogens is 370 g/mol. The standard InChI is InChI=1S/C23H29NO5/c1-15(10-18-6-8-20(28-5)9-7-18)13-24(4)23(27)19-11-16(2)22(17(3)12-19)29-14-21(25)26/h6-9,11-12,15H,10,13-14H2,1-5H3,(H,25,26). The van der Waals surface area contributed by atoms with Crippen LogP contribution in [0.25, 0.3) is 0 Å². The fraction of sp³-hybridized carbons (Fsp3) is 0.391. The Labute approximate surface area is 172 Å². The molecule has 1 atom stereocenters. The van der Waals surface area contributed by atoms with E-state index in [-0.39, 0.29) is 11.8 Å². The molecule has 0 aliphatic carbocycles. The number of aryl methyl sites for hydroxylation is 2. The number of rotatable bonds is 9. The number of aliphatic carboxylic acids is 1. The van der Waals surface area contributed by atoms with Crippen LogP contribution in [0.1, 0.15) is 34.0 Å². The number of carbonyl (C=O) groups excluding carboxylic acids is 1. The number of hydrogen-bond donors (Lipinski definition) is 1. The summed E-state index contributed by atoms with van der Waals surface area (Å²) in [4.78, 5) is 25.3. The Hall–Kier alpha value is -3.02. The molecule has 6 heteroatoms. The van der Waals surface area contributed by atoms with Crippen LogP contribution in [0.5, 0.6) is 11.5 Å². The molecule has 0 saturated carbocycles. The van der Waals surface area contributed by atoms with Crippen molar-refractivity contribution >= 4 is 11.9 Å². The maximum absolute atomic E-state index is 12.9. The number of carbonyl (C=O) groups is 2. The summed E-state index contributed by atoms with van der Waals surface area (Å²) in [7, 11) is 3.44. The first-order valence-corrected chi connectivity index (χ1v) is 9.55. The molecule has 0 heterocycles. The lowest BCUT2D eigenvalue weighted by molar-refractivity contribution is -0.139. The summed E-state index contributed by atoms with van der Waals surface area (Å²) in [5.41, 5.74) is 3.26. The molecular formula is C23H29NO5. The molecule has 0 spiro atoms. The lowest BCUT2D eigenvalue weighted by Crippen LogP contribution is -2.31. The molecule has 2 rings (SSSR count). The average Bonchev–Trinajstić information content (AvgIpc) is 2.66. The third kappa shape index (κ3) is 6.24. The summed E-state index contributed by atoms with van der Waals surface area (Å²) in [6, 6.07) is 11.5. The minimum atomic E-state index is -1.03. The van der Waals surface area contributed by atoms with Crippen molar-refractivity contribution in [1.29, 1.82) is 0 Å². The number of hydrogen-bond acceptors (Lipinski definition) is 4. The lowest BCUT2D eigenvalue weighted by atomic mass is 10.00. The predicted molar refractivity (Wildman–Crippen MR) is 112 cm³/mol. The van der Waals surface area contributed by atoms with Crippen LogP contribution >= 0.6 is 0 Å². The topological polar surface area (TPSA) is 76.1 Å². The second-order valence-electron chi connectivity index (χ2n) is 7.46. The molecule has 6 nitrogen and oxygen atoms in total. The van der Waals surface area contributed by atoms with Gasteiger partial charge in [0.05, 0.1) is 7.11 Å². The molecule has 0 saturated heterocycles. The summed E-state index contributed by atoms with van der Waals surface area (Å²) in [6.07, 6.45) is 0.863. The van der Waals surface area contributed by atoms with E-state index >= 15 is 0 Å². The number of ether oxygens (including phenoxy) is 2. The highest BCUT2D eigenvalue weighted by Crippen LogP contribution is 2.25. The zero-order chi connectivity index (χ0) is 21.6. The molecule has 1 amide bonds. The van der Waals surface area contributed by atoms with E-state index in [9.17, 15) is 9.59 Å². The van der Waals surface area contributed by atoms with E-state index in [2.05, 4.69) is 6.92 Å². The molecule has 0 fully saturated rings. The van der Waals surface area contributed by atoms with Crippen LogP contribution in [0.2, 0.25) is 0 Å². The van der Waals surface area contributed by atoms with Crippen LogP contribution in [0.4, 0.5) is 0 Å². The fourth-order valence-electron chi connectivity index (χ4n) is 3.43. The molecule has 1 N–H and O–H groups in total. The second kappa shape index (κ2) is 9.96. The van der Waals surface area contributed by atoms with Crippen molar-refractivity contribution in [3.63, 3.8) is 0 Å². The summed E-state index contributed by atoms with van der Waals surface area (Å²) in [6.45, 7) is 5.96. The minimum absolute atomic E-state index is 0.0671. The van der Waals surface area contributed by atoms with Crippen LogP contribution in [0.3, 0.4) is 0 Å². The molecule has 156 valence electrons. The third-order valence-electron chi connectivity index (χ3n) is 4.72. The van der Waals surface area contributed by atoms with E-state index in [1.54, 1.807) is 31.2 Å². The van der Waals surface area contributed by atoms with Crippen LogP contribution in [-0.2, 0) is 11.2 Å². The third-order valence-corrected chi connectivity index (χ3v) is 4.72. The first kappa shape index (κ1) is 22.3. The Balaban J connectivity index is 2.02. The van der Waals surface area contributed by atoms with Gasteiger partial charge in [0.2, 0.25) is 0 Å². The number of carboxylic acids is 1. The van der Waals surface area contributed by atoms with Crippen molar-refractivity contribution in [1.82, 2.24) is 4.90 Å². The average molecular weight is 399 g/mol. The molecule has 0 aliphatic heterocycles. The fourth-order valence-corrected chi connectivity index (χ4v) is 3.43. The monoisotopic (exact) mass is 399 g/mol. The number of amides is 1. The van der Waals surface area contributed by atoms with Crippen LogP contribution in [-0.4, -0.2) is 49.2 Å². The van der Waals surface area contributed by atoms with Crippen molar-refractivity contribution in [3.8, 4) is 11.5 Å². The maximum Gasteiger partial charge on any atom is 0.341 e. The van der Waals surface area contributed by atoms with Gasteiger partial charge in [-0.15, -0.1) is 0 Å². The first-order chi connectivity index (χ1) is 13.7. The summed E-state index contributed by atoms with van der Waals surface area (Å²) < 4.78 is 10.5. The highest BCUT2D eigenvalue weighted by molar-refractivity contribution is 5.94. The highest BCUT2D eigenvalue weighted by atomic mass is 16.5. The Morgan fingerprint density at radius 1 is 1.10 bits per heavy atom. The predicted octanol–water partition coefficient (Wildman–Crippen LogP) is 3.73. The van der Waals surface area contributed by atoms with E-state index in [4.69, 9.17) is 14.6 Å². The Morgan fingerprint density at radius 3 is 2.21 bits per heavy atom. The van der Waals surface area contributed by atoms with E-state index in [1.165, 1.54) is 5.56 Å². The molecule has 2 aromatic carbocycles. The second-order valence-corrected chi connectivity index (χ2v) is 7.46. The summed E-state index contributed by atoms with van der Waals surface area (Å²) in [5, 5.41) is 8.80. The van der Waals surface area contributed by atoms with E-state index in [0.717, 1.165) is 23.3 Å². The molecule has 29 heavy (non-hydrogen) atoms. The number of carboxylic acid groups (broad SMARTS) is 1. The number of methoxy groups -OCH3 is 1. The van der Waals surface area contributed by atoms with E-state index < -0.39 is 12.6 Å². The summed E-state index contributed by atoms with van der Waals surface area (Å²) in [5.74, 6) is 0.532. The highest BCUT2D eigenvalue weighted by Gasteiger charge is 2.18. The van der Waals surface area contributed by atoms with Crippen molar-refractivity contribution in [2.45, 2.75) is 27.2 Å². The minimum Gasteiger partial charge on any atom is -0.497 e. The van der Waals surface area contributed by atoms with E-state index in [1.807, 2.05) is 38.1 Å². The van der Waals surface area contributed by atoms with Gasteiger partial charge in [0.15, 0.2) is 6.61 Å². The zero-order valence-electron chi connectivity index (χ0n) is 17.7. The lowest BCUT2D eigenvalue weighted by Gasteiger charge is -2.23. The van der Waals surface area contributed by atoms with Gasteiger partial charge in [0, 0.05) is 19.2 Å². The first-order valence-electron chi connectivity index (χ1n) is 9.55. The molecule has 0 aromatic heterocycles. The van der Waals surface area contributed by atoms with Crippen LogP contribution in [0.15, 0.2) is 36.4 Å². The number of nitrogens with zero attached hydrogens (tertiary/aromatic N) is 1. The largest absolute Gasteiger partial charge is 0.497 e. The van der Waals surface area contributed by atoms with Crippen molar-refractivity contribution < 1.29 is 24.2 Å². The molecule has 0 bridgehead atoms. The van der Waals surface area contributed by atoms with Gasteiger partial charge in [-0.3, -0.25) is 4.79 Å².